The molecule has 1 N–H and O–H groups in total. The molecule has 30 heavy (non-hydrogen) atoms. The Bertz CT molecular complexity index is 944. The summed E-state index contributed by atoms with van der Waals surface area (Å²) in [7, 11) is 0. The minimum absolute atomic E-state index is 0.240. The second-order valence-corrected chi connectivity index (χ2v) is 7.21. The lowest BCUT2D eigenvalue weighted by molar-refractivity contribution is 0.182. The maximum absolute atomic E-state index is 9.27. The molecule has 0 saturated carbocycles. The van der Waals surface area contributed by atoms with Crippen LogP contribution in [0.3, 0.4) is 0 Å². The van der Waals surface area contributed by atoms with E-state index in [1.165, 1.54) is 0 Å². The van der Waals surface area contributed by atoms with Crippen molar-refractivity contribution < 1.29 is 9.84 Å². The molecule has 0 fully saturated rings. The van der Waals surface area contributed by atoms with E-state index >= 15 is 0 Å². The molecule has 1 heterocycles. The van der Waals surface area contributed by atoms with Crippen molar-refractivity contribution in [2.24, 2.45) is 0 Å². The summed E-state index contributed by atoms with van der Waals surface area (Å²) in [6.07, 6.45) is 11.9. The lowest BCUT2D eigenvalue weighted by Gasteiger charge is -2.07. The largest absolute Gasteiger partial charge is 0.490 e. The summed E-state index contributed by atoms with van der Waals surface area (Å²) < 4.78 is 5.53. The number of hydrogen-bond donors (Lipinski definition) is 1. The Morgan fingerprint density at radius 1 is 0.933 bits per heavy atom. The van der Waals surface area contributed by atoms with Gasteiger partial charge in [0.25, 0.3) is 0 Å². The summed E-state index contributed by atoms with van der Waals surface area (Å²) in [4.78, 5) is 8.87. The van der Waals surface area contributed by atoms with E-state index in [1.54, 1.807) is 6.08 Å². The van der Waals surface area contributed by atoms with E-state index in [2.05, 4.69) is 59.0 Å². The van der Waals surface area contributed by atoms with E-state index < -0.39 is 0 Å². The number of aliphatic hydroxyl groups is 1. The van der Waals surface area contributed by atoms with Gasteiger partial charge in [0.05, 0.1) is 6.10 Å². The van der Waals surface area contributed by atoms with Crippen LogP contribution in [0.2, 0.25) is 0 Å². The van der Waals surface area contributed by atoms with E-state index in [0.717, 1.165) is 47.3 Å². The third-order valence-electron chi connectivity index (χ3n) is 4.71. The van der Waals surface area contributed by atoms with Gasteiger partial charge in [-0.1, -0.05) is 55.1 Å². The first-order valence-electron chi connectivity index (χ1n) is 10.3. The summed E-state index contributed by atoms with van der Waals surface area (Å²) >= 11 is 0. The number of unbranched alkanes of at least 4 members (excludes halogenated alkanes) is 1. The molecular formula is C26H28N2O2. The maximum Gasteiger partial charge on any atom is 0.151 e. The molecule has 4 nitrogen and oxygen atoms in total. The van der Waals surface area contributed by atoms with Crippen molar-refractivity contribution in [1.29, 1.82) is 0 Å². The van der Waals surface area contributed by atoms with E-state index in [0.29, 0.717) is 12.4 Å². The molecule has 0 aliphatic rings. The van der Waals surface area contributed by atoms with E-state index in [4.69, 9.17) is 4.74 Å². The summed E-state index contributed by atoms with van der Waals surface area (Å²) in [6.45, 7) is 5.98. The number of benzene rings is 2. The van der Waals surface area contributed by atoms with Crippen molar-refractivity contribution in [2.75, 3.05) is 6.61 Å². The maximum atomic E-state index is 9.27. The lowest BCUT2D eigenvalue weighted by Crippen LogP contribution is -1.97. The summed E-state index contributed by atoms with van der Waals surface area (Å²) in [5, 5.41) is 9.27. The fourth-order valence-corrected chi connectivity index (χ4v) is 3.05. The van der Waals surface area contributed by atoms with Gasteiger partial charge in [-0.25, -0.2) is 9.97 Å². The molecule has 4 heteroatoms. The molecule has 0 aliphatic heterocycles. The molecule has 3 rings (SSSR count). The predicted octanol–water partition coefficient (Wildman–Crippen LogP) is 5.94. The van der Waals surface area contributed by atoms with Gasteiger partial charge in [0.1, 0.15) is 12.4 Å². The van der Waals surface area contributed by atoms with Gasteiger partial charge in [-0.05, 0) is 61.1 Å². The van der Waals surface area contributed by atoms with Crippen LogP contribution < -0.4 is 4.74 Å². The van der Waals surface area contributed by atoms with Crippen LogP contribution in [-0.4, -0.2) is 27.8 Å². The van der Waals surface area contributed by atoms with E-state index in [9.17, 15) is 5.11 Å². The van der Waals surface area contributed by atoms with Crippen LogP contribution in [0, 0.1) is 0 Å². The zero-order valence-electron chi connectivity index (χ0n) is 17.4. The molecule has 1 unspecified atom stereocenters. The molecule has 0 saturated heterocycles. The SMILES string of the molecule is C=CCOc1ccc(-c2ccc(-c3cnc(C=CCCCC(C)O)nc3)cc2)cc1. The first-order valence-corrected chi connectivity index (χ1v) is 10.3. The Morgan fingerprint density at radius 3 is 2.07 bits per heavy atom. The highest BCUT2D eigenvalue weighted by Crippen LogP contribution is 2.26. The standard InChI is InChI=1S/C26H28N2O2/c1-3-17-30-25-15-13-22(14-16-25)21-9-11-23(12-10-21)24-18-27-26(28-19-24)8-6-4-5-7-20(2)29/h3,6,8-16,18-20,29H,1,4-5,7,17H2,2H3. The number of aromatic nitrogens is 2. The average Bonchev–Trinajstić information content (AvgIpc) is 2.78. The third-order valence-corrected chi connectivity index (χ3v) is 4.71. The van der Waals surface area contributed by atoms with Crippen molar-refractivity contribution in [3.05, 3.63) is 85.5 Å². The smallest absolute Gasteiger partial charge is 0.151 e. The number of rotatable bonds is 10. The quantitative estimate of drug-likeness (QED) is 0.338. The minimum atomic E-state index is -0.240. The Morgan fingerprint density at radius 2 is 1.50 bits per heavy atom. The van der Waals surface area contributed by atoms with Crippen LogP contribution in [0.1, 0.15) is 32.0 Å². The van der Waals surface area contributed by atoms with Gasteiger partial charge in [-0.2, -0.15) is 0 Å². The highest BCUT2D eigenvalue weighted by atomic mass is 16.5. The van der Waals surface area contributed by atoms with Crippen LogP contribution in [0.5, 0.6) is 5.75 Å². The van der Waals surface area contributed by atoms with Crippen molar-refractivity contribution in [1.82, 2.24) is 9.97 Å². The number of hydrogen-bond acceptors (Lipinski definition) is 4. The molecular weight excluding hydrogens is 372 g/mol. The molecule has 1 atom stereocenters. The molecule has 0 spiro atoms. The molecule has 154 valence electrons. The summed E-state index contributed by atoms with van der Waals surface area (Å²) in [6, 6.07) is 16.4. The number of ether oxygens (including phenoxy) is 1. The van der Waals surface area contributed by atoms with Gasteiger partial charge in [-0.3, -0.25) is 0 Å². The van der Waals surface area contributed by atoms with Crippen LogP contribution >= 0.6 is 0 Å². The van der Waals surface area contributed by atoms with Gasteiger partial charge < -0.3 is 9.84 Å². The van der Waals surface area contributed by atoms with Crippen LogP contribution in [0.25, 0.3) is 28.3 Å². The second-order valence-electron chi connectivity index (χ2n) is 7.21. The summed E-state index contributed by atoms with van der Waals surface area (Å²) in [5.41, 5.74) is 4.35. The number of nitrogens with zero attached hydrogens (tertiary/aromatic N) is 2. The number of aliphatic hydroxyl groups excluding tert-OH is 1. The topological polar surface area (TPSA) is 55.2 Å². The molecule has 3 aromatic rings. The Kier molecular flexibility index (Phi) is 7.93. The van der Waals surface area contributed by atoms with Gasteiger partial charge in [0.15, 0.2) is 5.82 Å². The normalized spacial score (nSPS) is 12.1. The molecule has 0 radical (unpaired) electrons. The van der Waals surface area contributed by atoms with Crippen molar-refractivity contribution >= 4 is 6.08 Å². The fourth-order valence-electron chi connectivity index (χ4n) is 3.05. The Hall–Kier alpha value is -3.24. The Balaban J connectivity index is 1.60. The van der Waals surface area contributed by atoms with Gasteiger partial charge in [0.2, 0.25) is 0 Å². The Labute approximate surface area is 178 Å². The van der Waals surface area contributed by atoms with Crippen LogP contribution in [0.15, 0.2) is 79.7 Å². The highest BCUT2D eigenvalue weighted by Gasteiger charge is 2.03. The van der Waals surface area contributed by atoms with Crippen LogP contribution in [-0.2, 0) is 0 Å². The molecule has 0 amide bonds. The van der Waals surface area contributed by atoms with E-state index in [1.807, 2.05) is 37.5 Å². The lowest BCUT2D eigenvalue weighted by atomic mass is 10.0. The van der Waals surface area contributed by atoms with Gasteiger partial charge in [0, 0.05) is 18.0 Å². The fraction of sp³-hybridized carbons (Fsp3) is 0.231. The second kappa shape index (κ2) is 11.1. The summed E-state index contributed by atoms with van der Waals surface area (Å²) in [5.74, 6) is 1.54. The first-order chi connectivity index (χ1) is 14.7. The van der Waals surface area contributed by atoms with Gasteiger partial charge >= 0.3 is 0 Å². The van der Waals surface area contributed by atoms with E-state index in [-0.39, 0.29) is 6.10 Å². The predicted molar refractivity (Wildman–Crippen MR) is 123 cm³/mol. The molecule has 2 aromatic carbocycles. The zero-order chi connectivity index (χ0) is 21.2. The van der Waals surface area contributed by atoms with Crippen molar-refractivity contribution in [3.63, 3.8) is 0 Å². The molecule has 1 aromatic heterocycles. The monoisotopic (exact) mass is 400 g/mol. The minimum Gasteiger partial charge on any atom is -0.490 e. The highest BCUT2D eigenvalue weighted by molar-refractivity contribution is 5.70. The van der Waals surface area contributed by atoms with Gasteiger partial charge in [-0.15, -0.1) is 0 Å². The third kappa shape index (κ3) is 6.39. The molecule has 0 bridgehead atoms. The van der Waals surface area contributed by atoms with Crippen molar-refractivity contribution in [2.45, 2.75) is 32.3 Å². The average molecular weight is 401 g/mol. The molecule has 0 aliphatic carbocycles. The number of allylic oxidation sites excluding steroid dienone is 1. The van der Waals surface area contributed by atoms with Crippen LogP contribution in [0.4, 0.5) is 0 Å². The first kappa shape index (κ1) is 21.5. The van der Waals surface area contributed by atoms with Crippen molar-refractivity contribution in [3.8, 4) is 28.0 Å². The zero-order valence-corrected chi connectivity index (χ0v) is 17.4.